The zero-order valence-electron chi connectivity index (χ0n) is 21.6. The molecule has 200 valence electrons. The molecule has 0 atom stereocenters. The van der Waals surface area contributed by atoms with Crippen molar-refractivity contribution in [3.63, 3.8) is 0 Å². The highest BCUT2D eigenvalue weighted by molar-refractivity contribution is 6.07. The van der Waals surface area contributed by atoms with Gasteiger partial charge in [-0.1, -0.05) is 17.3 Å². The predicted molar refractivity (Wildman–Crippen MR) is 135 cm³/mol. The Bertz CT molecular complexity index is 1230. The molecule has 0 spiro atoms. The van der Waals surface area contributed by atoms with E-state index in [0.29, 0.717) is 69.2 Å². The van der Waals surface area contributed by atoms with Gasteiger partial charge in [-0.05, 0) is 70.0 Å². The number of alkyl halides is 3. The van der Waals surface area contributed by atoms with Gasteiger partial charge in [-0.15, -0.1) is 0 Å². The average molecular weight is 517 g/mol. The Morgan fingerprint density at radius 3 is 2.62 bits per heavy atom. The minimum atomic E-state index is -2.97. The van der Waals surface area contributed by atoms with Gasteiger partial charge in [0.05, 0.1) is 16.8 Å². The van der Waals surface area contributed by atoms with Crippen molar-refractivity contribution in [3.8, 4) is 0 Å². The van der Waals surface area contributed by atoms with Gasteiger partial charge >= 0.3 is 0 Å². The first-order chi connectivity index (χ1) is 17.6. The Labute approximate surface area is 215 Å². The first-order valence-corrected chi connectivity index (χ1v) is 13.3. The Morgan fingerprint density at radius 1 is 1.19 bits per heavy atom. The number of likely N-dealkylation sites (tertiary alicyclic amines) is 1. The number of benzene rings is 1. The van der Waals surface area contributed by atoms with E-state index < -0.39 is 11.6 Å². The van der Waals surface area contributed by atoms with Crippen LogP contribution in [0.2, 0.25) is 0 Å². The van der Waals surface area contributed by atoms with Crippen molar-refractivity contribution in [2.45, 2.75) is 75.8 Å². The normalized spacial score (nSPS) is 24.1. The Hall–Kier alpha value is -2.68. The summed E-state index contributed by atoms with van der Waals surface area (Å²) in [7, 11) is 1.85. The smallest absolute Gasteiger partial charge is 0.275 e. The van der Waals surface area contributed by atoms with Gasteiger partial charge in [0, 0.05) is 50.0 Å². The number of halogens is 3. The Morgan fingerprint density at radius 2 is 1.92 bits per heavy atom. The van der Waals surface area contributed by atoms with Gasteiger partial charge in [-0.2, -0.15) is 5.10 Å². The molecule has 1 saturated carbocycles. The van der Waals surface area contributed by atoms with Crippen LogP contribution in [0.4, 0.5) is 13.2 Å². The fourth-order valence-electron chi connectivity index (χ4n) is 6.08. The van der Waals surface area contributed by atoms with Crippen LogP contribution in [0.1, 0.15) is 85.8 Å². The molecule has 0 unspecified atom stereocenters. The highest BCUT2D eigenvalue weighted by Gasteiger charge is 2.38. The number of piperidine rings is 1. The number of hydrogen-bond acceptors (Lipinski definition) is 5. The number of rotatable bonds is 8. The van der Waals surface area contributed by atoms with Crippen LogP contribution in [0.25, 0.3) is 10.9 Å². The lowest BCUT2D eigenvalue weighted by molar-refractivity contribution is 0.0152. The van der Waals surface area contributed by atoms with E-state index in [1.807, 2.05) is 31.4 Å². The lowest BCUT2D eigenvalue weighted by Crippen LogP contribution is -2.39. The van der Waals surface area contributed by atoms with Crippen LogP contribution in [0.5, 0.6) is 0 Å². The molecule has 6 nitrogen and oxygen atoms in total. The van der Waals surface area contributed by atoms with Gasteiger partial charge in [0.25, 0.3) is 5.92 Å². The number of aryl methyl sites for hydroxylation is 1. The number of carbonyl (C=O) groups excluding carboxylic acids is 1. The first-order valence-electron chi connectivity index (χ1n) is 13.3. The number of hydrogen-bond donors (Lipinski definition) is 0. The fourth-order valence-corrected chi connectivity index (χ4v) is 6.08. The molecule has 0 radical (unpaired) electrons. The summed E-state index contributed by atoms with van der Waals surface area (Å²) in [6.45, 7) is 2.99. The van der Waals surface area contributed by atoms with Crippen molar-refractivity contribution < 1.29 is 22.5 Å². The summed E-state index contributed by atoms with van der Waals surface area (Å²) in [5.41, 5.74) is 0.548. The molecule has 1 aliphatic heterocycles. The molecule has 3 aromatic rings. The maximum absolute atomic E-state index is 15.6. The molecule has 0 N–H and O–H groups in total. The second kappa shape index (κ2) is 10.2. The molecular weight excluding hydrogens is 481 g/mol. The zero-order valence-corrected chi connectivity index (χ0v) is 21.6. The van der Waals surface area contributed by atoms with Gasteiger partial charge in [0.2, 0.25) is 0 Å². The highest BCUT2D eigenvalue weighted by Crippen LogP contribution is 2.41. The molecule has 0 amide bonds. The van der Waals surface area contributed by atoms with E-state index >= 15 is 4.39 Å². The molecular formula is C28H35F3N4O2. The molecule has 5 rings (SSSR count). The van der Waals surface area contributed by atoms with E-state index in [1.165, 1.54) is 0 Å². The standard InChI is InChI=1S/C28H35F3N4O2/c1-27(29,30)23-18-37-33-26(23)20-8-13-35(14-9-20)15-12-28(31)10-6-19(7-11-28)16-25(36)21-4-3-5-24-22(21)17-34(2)32-24/h3-5,17-20H,6-16H2,1-2H3. The second-order valence-electron chi connectivity index (χ2n) is 11.1. The number of fused-ring (bicyclic) bond motifs is 1. The summed E-state index contributed by atoms with van der Waals surface area (Å²) >= 11 is 0. The van der Waals surface area contributed by atoms with Crippen LogP contribution in [0.15, 0.2) is 35.2 Å². The minimum Gasteiger partial charge on any atom is -0.364 e. The lowest BCUT2D eigenvalue weighted by atomic mass is 9.76. The van der Waals surface area contributed by atoms with E-state index in [2.05, 4.69) is 15.2 Å². The van der Waals surface area contributed by atoms with Crippen molar-refractivity contribution in [1.29, 1.82) is 0 Å². The summed E-state index contributed by atoms with van der Waals surface area (Å²) in [5.74, 6) is -2.72. The van der Waals surface area contributed by atoms with Gasteiger partial charge in [-0.3, -0.25) is 9.48 Å². The average Bonchev–Trinajstić information content (AvgIpc) is 3.51. The molecule has 2 aliphatic rings. The van der Waals surface area contributed by atoms with Crippen LogP contribution in [0.3, 0.4) is 0 Å². The maximum Gasteiger partial charge on any atom is 0.275 e. The SMILES string of the molecule is Cn1cc2c(C(=O)CC3CCC(F)(CCN4CCC(c5nocc5C(C)(F)F)CC4)CC3)cccc2n1. The molecule has 1 saturated heterocycles. The second-order valence-corrected chi connectivity index (χ2v) is 11.1. The summed E-state index contributed by atoms with van der Waals surface area (Å²) in [6, 6.07) is 5.62. The number of aromatic nitrogens is 3. The molecule has 9 heteroatoms. The Balaban J connectivity index is 1.08. The van der Waals surface area contributed by atoms with Crippen molar-refractivity contribution in [2.24, 2.45) is 13.0 Å². The molecule has 37 heavy (non-hydrogen) atoms. The molecule has 3 heterocycles. The zero-order chi connectivity index (χ0) is 26.2. The summed E-state index contributed by atoms with van der Waals surface area (Å²) in [5, 5.41) is 9.12. The van der Waals surface area contributed by atoms with Crippen molar-refractivity contribution in [3.05, 3.63) is 47.5 Å². The van der Waals surface area contributed by atoms with Crippen molar-refractivity contribution >= 4 is 16.7 Å². The maximum atomic E-state index is 15.6. The van der Waals surface area contributed by atoms with Gasteiger partial charge in [0.15, 0.2) is 5.78 Å². The van der Waals surface area contributed by atoms with Crippen LogP contribution >= 0.6 is 0 Å². The predicted octanol–water partition coefficient (Wildman–Crippen LogP) is 6.41. The molecule has 1 aromatic carbocycles. The Kier molecular flexibility index (Phi) is 7.18. The molecule has 2 fully saturated rings. The number of carbonyl (C=O) groups is 1. The lowest BCUT2D eigenvalue weighted by Gasteiger charge is -2.37. The van der Waals surface area contributed by atoms with Gasteiger partial charge < -0.3 is 9.42 Å². The van der Waals surface area contributed by atoms with E-state index in [1.54, 1.807) is 4.68 Å². The van der Waals surface area contributed by atoms with E-state index in [0.717, 1.165) is 37.2 Å². The summed E-state index contributed by atoms with van der Waals surface area (Å²) < 4.78 is 49.8. The van der Waals surface area contributed by atoms with Crippen LogP contribution in [-0.4, -0.2) is 50.9 Å². The van der Waals surface area contributed by atoms with Crippen molar-refractivity contribution in [1.82, 2.24) is 19.8 Å². The van der Waals surface area contributed by atoms with E-state index in [9.17, 15) is 13.6 Å². The third-order valence-corrected chi connectivity index (χ3v) is 8.36. The van der Waals surface area contributed by atoms with Gasteiger partial charge in [0.1, 0.15) is 11.9 Å². The van der Waals surface area contributed by atoms with E-state index in [4.69, 9.17) is 4.52 Å². The quantitative estimate of drug-likeness (QED) is 0.324. The summed E-state index contributed by atoms with van der Waals surface area (Å²) in [4.78, 5) is 15.3. The molecule has 1 aliphatic carbocycles. The topological polar surface area (TPSA) is 64.2 Å². The minimum absolute atomic E-state index is 0.0550. The number of Topliss-reactive ketones (excluding diaryl/α,β-unsaturated/α-hetero) is 1. The molecule has 0 bridgehead atoms. The monoisotopic (exact) mass is 516 g/mol. The third kappa shape index (κ3) is 5.76. The van der Waals surface area contributed by atoms with Crippen LogP contribution < -0.4 is 0 Å². The van der Waals surface area contributed by atoms with Crippen molar-refractivity contribution in [2.75, 3.05) is 19.6 Å². The van der Waals surface area contributed by atoms with Crippen LogP contribution in [0, 0.1) is 5.92 Å². The first kappa shape index (κ1) is 25.9. The largest absolute Gasteiger partial charge is 0.364 e. The number of nitrogens with zero attached hydrogens (tertiary/aromatic N) is 4. The number of ketones is 1. The third-order valence-electron chi connectivity index (χ3n) is 8.36. The fraction of sp³-hybridized carbons (Fsp3) is 0.607. The van der Waals surface area contributed by atoms with Gasteiger partial charge in [-0.25, -0.2) is 13.2 Å². The highest BCUT2D eigenvalue weighted by atomic mass is 19.3. The summed E-state index contributed by atoms with van der Waals surface area (Å²) in [6.07, 6.45) is 7.65. The van der Waals surface area contributed by atoms with E-state index in [-0.39, 0.29) is 23.2 Å². The molecule has 2 aromatic heterocycles. The van der Waals surface area contributed by atoms with Crippen LogP contribution in [-0.2, 0) is 13.0 Å².